The van der Waals surface area contributed by atoms with Crippen LogP contribution in [0.2, 0.25) is 0 Å². The smallest absolute Gasteiger partial charge is 0.459 e. The fourth-order valence-electron chi connectivity index (χ4n) is 7.81. The van der Waals surface area contributed by atoms with E-state index in [-0.39, 0.29) is 12.2 Å². The summed E-state index contributed by atoms with van der Waals surface area (Å²) in [4.78, 5) is 49.4. The maximum Gasteiger partial charge on any atom is 0.481 e. The Bertz CT molecular complexity index is 1460. The van der Waals surface area contributed by atoms with Crippen LogP contribution in [0, 0.1) is 0 Å². The molecule has 0 bridgehead atoms. The van der Waals surface area contributed by atoms with Crippen LogP contribution in [-0.2, 0) is 36.8 Å². The molecule has 0 aliphatic carbocycles. The van der Waals surface area contributed by atoms with Crippen LogP contribution in [0.4, 0.5) is 5.82 Å². The Morgan fingerprint density at radius 2 is 1.21 bits per heavy atom. The molecule has 14 nitrogen and oxygen atoms in total. The summed E-state index contributed by atoms with van der Waals surface area (Å²) >= 11 is 1.58. The molecular formula is C46H87N3O11P2S. The quantitative estimate of drug-likeness (QED) is 0.0317. The molecule has 0 saturated carbocycles. The second kappa shape index (κ2) is 36.8. The third-order valence-corrected chi connectivity index (χ3v) is 15.3. The molecule has 5 atom stereocenters. The highest BCUT2D eigenvalue weighted by Crippen LogP contribution is 2.60. The zero-order valence-electron chi connectivity index (χ0n) is 39.2. The molecule has 1 aromatic heterocycles. The number of nitrogen functional groups attached to an aromatic ring is 1. The molecule has 368 valence electrons. The van der Waals surface area contributed by atoms with Gasteiger partial charge in [-0.15, -0.1) is 0 Å². The number of hydrogen-bond donors (Lipinski definition) is 3. The van der Waals surface area contributed by atoms with Gasteiger partial charge in [0.2, 0.25) is 0 Å². The van der Waals surface area contributed by atoms with E-state index >= 15 is 0 Å². The number of thioether (sulfide) groups is 1. The molecule has 2 heterocycles. The molecule has 1 aromatic rings. The number of carbonyl (C=O) groups is 1. The number of rotatable bonds is 43. The van der Waals surface area contributed by atoms with Crippen LogP contribution in [0.3, 0.4) is 0 Å². The van der Waals surface area contributed by atoms with Crippen molar-refractivity contribution in [1.29, 1.82) is 0 Å². The number of carbonyl (C=O) groups excluding carboxylic acids is 1. The van der Waals surface area contributed by atoms with Crippen LogP contribution in [0.1, 0.15) is 226 Å². The molecule has 63 heavy (non-hydrogen) atoms. The number of esters is 1. The summed E-state index contributed by atoms with van der Waals surface area (Å²) in [6, 6.07) is 1.45. The van der Waals surface area contributed by atoms with Gasteiger partial charge in [-0.3, -0.25) is 18.4 Å². The van der Waals surface area contributed by atoms with E-state index in [2.05, 4.69) is 23.1 Å². The number of phosphoric ester groups is 2. The molecule has 1 aliphatic heterocycles. The number of ether oxygens (including phenoxy) is 2. The highest BCUT2D eigenvalue weighted by Gasteiger charge is 2.38. The van der Waals surface area contributed by atoms with Crippen LogP contribution in [0.25, 0.3) is 0 Å². The summed E-state index contributed by atoms with van der Waals surface area (Å²) in [5.41, 5.74) is 4.96. The lowest BCUT2D eigenvalue weighted by molar-refractivity contribution is -0.149. The fourth-order valence-corrected chi connectivity index (χ4v) is 10.9. The average Bonchev–Trinajstić information content (AvgIpc) is 3.71. The number of nitrogens with zero attached hydrogens (tertiary/aromatic N) is 2. The number of anilines is 1. The van der Waals surface area contributed by atoms with E-state index in [1.807, 2.05) is 0 Å². The number of hydrogen-bond acceptors (Lipinski definition) is 12. The number of phosphoric acid groups is 2. The van der Waals surface area contributed by atoms with Gasteiger partial charge in [-0.1, -0.05) is 187 Å². The fraction of sp³-hybridized carbons (Fsp3) is 0.891. The molecular weight excluding hydrogens is 865 g/mol. The lowest BCUT2D eigenvalue weighted by Crippen LogP contribution is -2.27. The van der Waals surface area contributed by atoms with E-state index in [1.54, 1.807) is 11.8 Å². The van der Waals surface area contributed by atoms with E-state index in [9.17, 15) is 28.5 Å². The van der Waals surface area contributed by atoms with Crippen molar-refractivity contribution < 1.29 is 46.5 Å². The van der Waals surface area contributed by atoms with Crippen LogP contribution in [0.5, 0.6) is 0 Å². The van der Waals surface area contributed by atoms with Crippen LogP contribution >= 0.6 is 27.4 Å². The molecule has 0 radical (unpaired) electrons. The van der Waals surface area contributed by atoms with E-state index in [0.717, 1.165) is 37.9 Å². The van der Waals surface area contributed by atoms with Gasteiger partial charge in [0.05, 0.1) is 19.3 Å². The Balaban J connectivity index is 1.70. The molecule has 17 heteroatoms. The second-order valence-electron chi connectivity index (χ2n) is 17.4. The number of nitrogens with two attached hydrogens (primary N) is 1. The maximum absolute atomic E-state index is 12.9. The Morgan fingerprint density at radius 3 is 1.70 bits per heavy atom. The highest BCUT2D eigenvalue weighted by atomic mass is 32.2. The number of unbranched alkanes of at least 4 members (excludes halogenated alkanes) is 27. The maximum atomic E-state index is 12.9. The van der Waals surface area contributed by atoms with E-state index in [1.165, 1.54) is 165 Å². The summed E-state index contributed by atoms with van der Waals surface area (Å²) in [5.74, 6) is 0.836. The van der Waals surface area contributed by atoms with Crippen molar-refractivity contribution in [1.82, 2.24) is 9.55 Å². The molecule has 0 spiro atoms. The van der Waals surface area contributed by atoms with Gasteiger partial charge >= 0.3 is 27.3 Å². The lowest BCUT2D eigenvalue weighted by Gasteiger charge is -2.21. The Hall–Kier alpha value is -1.28. The predicted molar refractivity (Wildman–Crippen MR) is 256 cm³/mol. The summed E-state index contributed by atoms with van der Waals surface area (Å²) in [5, 5.41) is 0. The standard InChI is InChI=1S/C46H87N3O11P2S/c1-3-5-7-9-11-13-15-17-18-19-21-23-25-27-29-31-37-63-40-42(59-45(50)32-30-28-26-24-22-20-16-14-12-10-8-6-4-2)39-57-62(54,55)60-61(52,53)56-38-41-33-34-44(58-41)49-36-35-43(47)48-46(49)51/h35-36,41-42,44H,3-34,37-40H2,1-2H3,(H,52,53)(H,54,55)(H2,47,48,51)/t41-,42?,44+/m0/s1. The third-order valence-electron chi connectivity index (χ3n) is 11.5. The van der Waals surface area contributed by atoms with Gasteiger partial charge in [0.15, 0.2) is 0 Å². The first-order chi connectivity index (χ1) is 30.4. The van der Waals surface area contributed by atoms with Gasteiger partial charge in [-0.25, -0.2) is 13.9 Å². The van der Waals surface area contributed by atoms with Crippen LogP contribution in [-0.4, -0.2) is 62.2 Å². The topological polar surface area (TPSA) is 199 Å². The van der Waals surface area contributed by atoms with Crippen molar-refractivity contribution in [3.63, 3.8) is 0 Å². The van der Waals surface area contributed by atoms with E-state index in [4.69, 9.17) is 24.3 Å². The summed E-state index contributed by atoms with van der Waals surface area (Å²) < 4.78 is 52.9. The Morgan fingerprint density at radius 1 is 0.746 bits per heavy atom. The van der Waals surface area contributed by atoms with E-state index < -0.39 is 59.0 Å². The first-order valence-corrected chi connectivity index (χ1v) is 29.0. The molecule has 3 unspecified atom stereocenters. The largest absolute Gasteiger partial charge is 0.481 e. The number of aromatic nitrogens is 2. The van der Waals surface area contributed by atoms with Crippen molar-refractivity contribution in [3.05, 3.63) is 22.7 Å². The molecule has 0 amide bonds. The summed E-state index contributed by atoms with van der Waals surface area (Å²) in [6.07, 6.45) is 36.5. The van der Waals surface area contributed by atoms with Gasteiger partial charge in [0.1, 0.15) is 18.1 Å². The first-order valence-electron chi connectivity index (χ1n) is 24.9. The summed E-state index contributed by atoms with van der Waals surface area (Å²) in [7, 11) is -10.2. The second-order valence-corrected chi connectivity index (χ2v) is 21.6. The van der Waals surface area contributed by atoms with Gasteiger partial charge in [-0.2, -0.15) is 21.1 Å². The minimum Gasteiger partial charge on any atom is -0.459 e. The molecule has 4 N–H and O–H groups in total. The Kier molecular flexibility index (Phi) is 33.8. The zero-order chi connectivity index (χ0) is 45.9. The Labute approximate surface area is 384 Å². The van der Waals surface area contributed by atoms with Crippen molar-refractivity contribution >= 4 is 39.2 Å². The van der Waals surface area contributed by atoms with Crippen LogP contribution < -0.4 is 11.4 Å². The zero-order valence-corrected chi connectivity index (χ0v) is 41.8. The average molecular weight is 952 g/mol. The predicted octanol–water partition coefficient (Wildman–Crippen LogP) is 13.1. The summed E-state index contributed by atoms with van der Waals surface area (Å²) in [6.45, 7) is 3.56. The van der Waals surface area contributed by atoms with Crippen molar-refractivity contribution in [2.75, 3.05) is 30.5 Å². The molecule has 2 rings (SSSR count). The molecule has 1 aliphatic rings. The van der Waals surface area contributed by atoms with E-state index in [0.29, 0.717) is 25.0 Å². The molecule has 1 saturated heterocycles. The van der Waals surface area contributed by atoms with Crippen molar-refractivity contribution in [3.8, 4) is 0 Å². The van der Waals surface area contributed by atoms with Crippen molar-refractivity contribution in [2.45, 2.75) is 238 Å². The lowest BCUT2D eigenvalue weighted by atomic mass is 10.0. The van der Waals surface area contributed by atoms with Gasteiger partial charge in [-0.05, 0) is 37.5 Å². The normalized spacial score (nSPS) is 17.7. The highest BCUT2D eigenvalue weighted by molar-refractivity contribution is 7.99. The monoisotopic (exact) mass is 952 g/mol. The molecule has 0 aromatic carbocycles. The van der Waals surface area contributed by atoms with Gasteiger partial charge in [0, 0.05) is 18.4 Å². The van der Waals surface area contributed by atoms with Crippen molar-refractivity contribution in [2.24, 2.45) is 0 Å². The third kappa shape index (κ3) is 31.4. The van der Waals surface area contributed by atoms with Gasteiger partial charge in [0.25, 0.3) is 0 Å². The SMILES string of the molecule is CCCCCCCCCCCCCCCCCCSCC(COP(=O)(O)OP(=O)(O)OC[C@@H]1CC[C@H](n2ccc(N)nc2=O)O1)OC(=O)CCCCCCCCCCCCCCC. The van der Waals surface area contributed by atoms with Crippen LogP contribution in [0.15, 0.2) is 17.1 Å². The van der Waals surface area contributed by atoms with Gasteiger partial charge < -0.3 is 25.0 Å². The minimum absolute atomic E-state index is 0.0713. The molecule has 1 fully saturated rings. The first kappa shape index (κ1) is 57.8. The minimum atomic E-state index is -5.12.